The number of nitrogens with zero attached hydrogens (tertiary/aromatic N) is 4. The minimum Gasteiger partial charge on any atom is -0.496 e. The maximum atomic E-state index is 15.2. The number of aliphatic hydroxyl groups is 1. The zero-order valence-corrected chi connectivity index (χ0v) is 30.5. The van der Waals surface area contributed by atoms with Crippen molar-refractivity contribution < 1.29 is 33.7 Å². The smallest absolute Gasteiger partial charge is 0.411 e. The van der Waals surface area contributed by atoms with Gasteiger partial charge in [0.15, 0.2) is 0 Å². The lowest BCUT2D eigenvalue weighted by molar-refractivity contribution is -0.129. The van der Waals surface area contributed by atoms with Crippen LogP contribution in [-0.2, 0) is 27.2 Å². The molecule has 2 aliphatic heterocycles. The van der Waals surface area contributed by atoms with Gasteiger partial charge in [0.05, 0.1) is 24.9 Å². The van der Waals surface area contributed by atoms with Crippen molar-refractivity contribution in [2.45, 2.75) is 117 Å². The number of ether oxygens (including phenoxy) is 3. The number of hydrogen-bond donors (Lipinski definition) is 1. The summed E-state index contributed by atoms with van der Waals surface area (Å²) in [6.45, 7) is 15.5. The summed E-state index contributed by atoms with van der Waals surface area (Å²) in [5, 5.41) is 10.4. The largest absolute Gasteiger partial charge is 0.496 e. The van der Waals surface area contributed by atoms with E-state index in [0.29, 0.717) is 30.0 Å². The normalized spacial score (nSPS) is 19.7. The van der Waals surface area contributed by atoms with E-state index in [1.54, 1.807) is 16.9 Å². The first-order valence-electron chi connectivity index (χ1n) is 16.7. The van der Waals surface area contributed by atoms with Crippen LogP contribution in [0.25, 0.3) is 5.57 Å². The lowest BCUT2D eigenvalue weighted by Gasteiger charge is -2.50. The maximum absolute atomic E-state index is 15.2. The molecule has 1 aromatic heterocycles. The van der Waals surface area contributed by atoms with Crippen LogP contribution in [-0.4, -0.2) is 99.0 Å². The Bertz CT molecular complexity index is 1580. The zero-order chi connectivity index (χ0) is 35.1. The second-order valence-electron chi connectivity index (χ2n) is 14.9. The van der Waals surface area contributed by atoms with Crippen LogP contribution in [0.3, 0.4) is 0 Å². The molecule has 12 heteroatoms. The van der Waals surface area contributed by atoms with Gasteiger partial charge in [0.2, 0.25) is 0 Å². The van der Waals surface area contributed by atoms with Gasteiger partial charge < -0.3 is 29.1 Å². The standard InChI is InChI=1S/C36H50N4O7S/c1-21-23(11-10-12-28(21)45-9)18-39(24-13-14-24)32(42)30-26(31-37-22(2)29(48-31)15-16-41)17-25-19-38(33(43)46-35(3,4)5)20-27(30)40(25)34(44)47-36(6,7)8/h10-12,24-25,27,41H,13-20H2,1-9H3/t25?,27-/m1/s1. The first-order valence-corrected chi connectivity index (χ1v) is 17.6. The van der Waals surface area contributed by atoms with Crippen molar-refractivity contribution in [1.82, 2.24) is 19.7 Å². The molecule has 3 aliphatic rings. The predicted molar refractivity (Wildman–Crippen MR) is 184 cm³/mol. The highest BCUT2D eigenvalue weighted by molar-refractivity contribution is 7.12. The van der Waals surface area contributed by atoms with Crippen molar-refractivity contribution in [3.05, 3.63) is 50.5 Å². The van der Waals surface area contributed by atoms with Gasteiger partial charge in [-0.3, -0.25) is 9.69 Å². The maximum Gasteiger partial charge on any atom is 0.411 e. The molecule has 2 fully saturated rings. The van der Waals surface area contributed by atoms with E-state index >= 15 is 4.79 Å². The van der Waals surface area contributed by atoms with Crippen molar-refractivity contribution in [3.63, 3.8) is 0 Å². The minimum absolute atomic E-state index is 0.00875. The number of piperazine rings is 1. The third kappa shape index (κ3) is 7.80. The van der Waals surface area contributed by atoms with Crippen LogP contribution < -0.4 is 4.74 Å². The average molecular weight is 683 g/mol. The van der Waals surface area contributed by atoms with Crippen LogP contribution in [0.4, 0.5) is 9.59 Å². The second-order valence-corrected chi connectivity index (χ2v) is 16.0. The van der Waals surface area contributed by atoms with Gasteiger partial charge in [0, 0.05) is 54.7 Å². The molecule has 0 radical (unpaired) electrons. The number of aryl methyl sites for hydroxylation is 1. The molecule has 1 aromatic carbocycles. The van der Waals surface area contributed by atoms with E-state index in [2.05, 4.69) is 0 Å². The number of aliphatic hydroxyl groups excluding tert-OH is 1. The summed E-state index contributed by atoms with van der Waals surface area (Å²) in [6, 6.07) is 4.62. The monoisotopic (exact) mass is 682 g/mol. The molecule has 2 aromatic rings. The third-order valence-corrected chi connectivity index (χ3v) is 10.1. The van der Waals surface area contributed by atoms with Crippen LogP contribution >= 0.6 is 11.3 Å². The first kappa shape index (κ1) is 35.7. The summed E-state index contributed by atoms with van der Waals surface area (Å²) in [6.07, 6.45) is 1.51. The van der Waals surface area contributed by atoms with Gasteiger partial charge in [-0.1, -0.05) is 12.1 Å². The molecule has 0 spiro atoms. The van der Waals surface area contributed by atoms with E-state index in [0.717, 1.165) is 45.9 Å². The number of fused-ring (bicyclic) bond motifs is 2. The number of benzene rings is 1. The second kappa shape index (κ2) is 13.7. The van der Waals surface area contributed by atoms with E-state index in [1.165, 1.54) is 11.3 Å². The SMILES string of the molecule is COc1cccc(CN(C(=O)C2=C(c3nc(C)c(CCO)s3)CC3CN(C(=O)OC(C)(C)C)C[C@H]2N3C(=O)OC(C)(C)C)C2CC2)c1C. The van der Waals surface area contributed by atoms with E-state index in [4.69, 9.17) is 19.2 Å². The Balaban J connectivity index is 1.65. The fourth-order valence-electron chi connectivity index (χ4n) is 6.48. The molecule has 3 amide bonds. The average Bonchev–Trinajstić information content (AvgIpc) is 3.76. The van der Waals surface area contributed by atoms with Gasteiger partial charge in [-0.15, -0.1) is 11.3 Å². The van der Waals surface area contributed by atoms with Gasteiger partial charge in [-0.2, -0.15) is 0 Å². The number of amides is 3. The highest BCUT2D eigenvalue weighted by atomic mass is 32.1. The van der Waals surface area contributed by atoms with Gasteiger partial charge in [-0.25, -0.2) is 14.6 Å². The fraction of sp³-hybridized carbons (Fsp3) is 0.611. The molecular formula is C36H50N4O7S. The number of carbonyl (C=O) groups excluding carboxylic acids is 3. The predicted octanol–water partition coefficient (Wildman–Crippen LogP) is 5.88. The van der Waals surface area contributed by atoms with Crippen LogP contribution in [0, 0.1) is 13.8 Å². The Hall–Kier alpha value is -3.64. The summed E-state index contributed by atoms with van der Waals surface area (Å²) >= 11 is 1.48. The molecule has 1 N–H and O–H groups in total. The molecule has 2 atom stereocenters. The molecule has 1 aliphatic carbocycles. The van der Waals surface area contributed by atoms with Gasteiger partial charge in [-0.05, 0) is 91.8 Å². The Morgan fingerprint density at radius 2 is 1.69 bits per heavy atom. The number of carbonyl (C=O) groups is 3. The molecule has 48 heavy (non-hydrogen) atoms. The van der Waals surface area contributed by atoms with Crippen molar-refractivity contribution >= 4 is 35.0 Å². The van der Waals surface area contributed by atoms with Crippen LogP contribution in [0.5, 0.6) is 5.75 Å². The van der Waals surface area contributed by atoms with Crippen molar-refractivity contribution in [2.24, 2.45) is 0 Å². The Morgan fingerprint density at radius 3 is 2.29 bits per heavy atom. The number of hydrogen-bond acceptors (Lipinski definition) is 9. The number of rotatable bonds is 8. The summed E-state index contributed by atoms with van der Waals surface area (Å²) in [4.78, 5) is 53.7. The molecule has 3 heterocycles. The lowest BCUT2D eigenvalue weighted by atomic mass is 9.84. The zero-order valence-electron chi connectivity index (χ0n) is 29.7. The Labute approximate surface area is 287 Å². The molecule has 1 unspecified atom stereocenters. The van der Waals surface area contributed by atoms with Crippen molar-refractivity contribution in [1.29, 1.82) is 0 Å². The molecule has 262 valence electrons. The van der Waals surface area contributed by atoms with Gasteiger partial charge in [0.1, 0.15) is 22.0 Å². The molecular weight excluding hydrogens is 632 g/mol. The summed E-state index contributed by atoms with van der Waals surface area (Å²) < 4.78 is 17.3. The van der Waals surface area contributed by atoms with Crippen LogP contribution in [0.15, 0.2) is 23.8 Å². The summed E-state index contributed by atoms with van der Waals surface area (Å²) in [7, 11) is 1.64. The minimum atomic E-state index is -0.791. The topological polar surface area (TPSA) is 122 Å². The van der Waals surface area contributed by atoms with Gasteiger partial charge in [0.25, 0.3) is 5.91 Å². The number of methoxy groups -OCH3 is 1. The van der Waals surface area contributed by atoms with E-state index in [-0.39, 0.29) is 31.6 Å². The van der Waals surface area contributed by atoms with E-state index in [9.17, 15) is 14.7 Å². The molecule has 11 nitrogen and oxygen atoms in total. The quantitative estimate of drug-likeness (QED) is 0.367. The summed E-state index contributed by atoms with van der Waals surface area (Å²) in [5.74, 6) is 0.566. The summed E-state index contributed by atoms with van der Waals surface area (Å²) in [5.41, 5.74) is 2.50. The van der Waals surface area contributed by atoms with Crippen molar-refractivity contribution in [3.8, 4) is 5.75 Å². The van der Waals surface area contributed by atoms with Gasteiger partial charge >= 0.3 is 12.2 Å². The first-order chi connectivity index (χ1) is 22.5. The highest BCUT2D eigenvalue weighted by Crippen LogP contribution is 2.43. The highest BCUT2D eigenvalue weighted by Gasteiger charge is 2.51. The molecule has 5 rings (SSSR count). The van der Waals surface area contributed by atoms with Crippen LogP contribution in [0.2, 0.25) is 0 Å². The lowest BCUT2D eigenvalue weighted by Crippen LogP contribution is -2.66. The Kier molecular flexibility index (Phi) is 10.2. The van der Waals surface area contributed by atoms with Crippen LogP contribution in [0.1, 0.15) is 87.5 Å². The molecule has 1 saturated carbocycles. The molecule has 1 saturated heterocycles. The fourth-order valence-corrected chi connectivity index (χ4v) is 7.60. The number of thiazole rings is 1. The third-order valence-electron chi connectivity index (χ3n) is 8.83. The van der Waals surface area contributed by atoms with E-state index in [1.807, 2.05) is 78.5 Å². The van der Waals surface area contributed by atoms with Crippen molar-refractivity contribution in [2.75, 3.05) is 26.8 Å². The Morgan fingerprint density at radius 1 is 1.02 bits per heavy atom. The number of aromatic nitrogens is 1. The molecule has 2 bridgehead atoms. The van der Waals surface area contributed by atoms with E-state index < -0.39 is 35.5 Å².